The first-order chi connectivity index (χ1) is 8.93. The minimum atomic E-state index is -0.753. The van der Waals surface area contributed by atoms with Gasteiger partial charge in [-0.1, -0.05) is 0 Å². The van der Waals surface area contributed by atoms with Crippen LogP contribution in [-0.4, -0.2) is 53.9 Å². The van der Waals surface area contributed by atoms with E-state index in [0.717, 1.165) is 0 Å². The number of aromatic nitrogens is 1. The number of hydrogen-bond acceptors (Lipinski definition) is 5. The topological polar surface area (TPSA) is 97.8 Å². The second kappa shape index (κ2) is 6.91. The van der Waals surface area contributed by atoms with Crippen molar-refractivity contribution in [3.05, 3.63) is 28.7 Å². The van der Waals surface area contributed by atoms with Gasteiger partial charge in [-0.3, -0.25) is 9.59 Å². The van der Waals surface area contributed by atoms with Gasteiger partial charge < -0.3 is 25.0 Å². The summed E-state index contributed by atoms with van der Waals surface area (Å²) in [7, 11) is 3.02. The number of nitrogens with two attached hydrogens (primary N) is 1. The number of carbonyl (C=O) groups is 1. The third-order valence-corrected chi connectivity index (χ3v) is 2.58. The summed E-state index contributed by atoms with van der Waals surface area (Å²) in [5, 5.41) is 9.53. The highest BCUT2D eigenvalue weighted by atomic mass is 16.5. The van der Waals surface area contributed by atoms with E-state index in [9.17, 15) is 14.7 Å². The number of amides is 1. The van der Waals surface area contributed by atoms with E-state index in [1.54, 1.807) is 7.05 Å². The van der Waals surface area contributed by atoms with E-state index < -0.39 is 6.10 Å². The summed E-state index contributed by atoms with van der Waals surface area (Å²) >= 11 is 0. The normalized spacial score (nSPS) is 12.2. The molecule has 0 fully saturated rings. The van der Waals surface area contributed by atoms with Gasteiger partial charge in [-0.25, -0.2) is 0 Å². The van der Waals surface area contributed by atoms with Crippen LogP contribution in [0.3, 0.4) is 0 Å². The van der Waals surface area contributed by atoms with Crippen LogP contribution in [0.4, 0.5) is 5.69 Å². The molecule has 19 heavy (non-hydrogen) atoms. The number of hydrogen-bond donors (Lipinski definition) is 2. The summed E-state index contributed by atoms with van der Waals surface area (Å²) in [4.78, 5) is 24.8. The van der Waals surface area contributed by atoms with Crippen LogP contribution in [0.5, 0.6) is 0 Å². The summed E-state index contributed by atoms with van der Waals surface area (Å²) < 4.78 is 6.01. The number of methoxy groups -OCH3 is 1. The average Bonchev–Trinajstić information content (AvgIpc) is 2.34. The molecular formula is C12H19N3O4. The molecule has 0 aliphatic heterocycles. The maximum atomic E-state index is 11.9. The molecule has 106 valence electrons. The molecule has 0 spiro atoms. The van der Waals surface area contributed by atoms with Crippen LogP contribution in [0, 0.1) is 0 Å². The van der Waals surface area contributed by atoms with E-state index in [2.05, 4.69) is 0 Å². The summed E-state index contributed by atoms with van der Waals surface area (Å²) in [6, 6.07) is 2.79. The molecule has 1 atom stereocenters. The number of aliphatic hydroxyl groups is 1. The molecule has 0 saturated heterocycles. The van der Waals surface area contributed by atoms with E-state index in [4.69, 9.17) is 10.5 Å². The Morgan fingerprint density at radius 3 is 2.89 bits per heavy atom. The van der Waals surface area contributed by atoms with Crippen LogP contribution in [0.15, 0.2) is 23.1 Å². The molecule has 0 aliphatic carbocycles. The largest absolute Gasteiger partial charge is 0.398 e. The zero-order valence-electron chi connectivity index (χ0n) is 11.1. The maximum Gasteiger partial charge on any atom is 0.251 e. The fourth-order valence-corrected chi connectivity index (χ4v) is 1.60. The number of ether oxygens (including phenoxy) is 1. The van der Waals surface area contributed by atoms with E-state index in [0.29, 0.717) is 5.69 Å². The molecule has 1 aromatic heterocycles. The maximum absolute atomic E-state index is 11.9. The second-order valence-electron chi connectivity index (χ2n) is 4.31. The van der Waals surface area contributed by atoms with Gasteiger partial charge in [-0.2, -0.15) is 0 Å². The van der Waals surface area contributed by atoms with Gasteiger partial charge in [0.05, 0.1) is 12.7 Å². The summed E-state index contributed by atoms with van der Waals surface area (Å²) in [6.07, 6.45) is 0.663. The van der Waals surface area contributed by atoms with Crippen molar-refractivity contribution in [1.29, 1.82) is 0 Å². The molecule has 1 aromatic rings. The van der Waals surface area contributed by atoms with Crippen molar-refractivity contribution >= 4 is 11.6 Å². The zero-order chi connectivity index (χ0) is 14.4. The summed E-state index contributed by atoms with van der Waals surface area (Å²) in [5.74, 6) is -0.289. The molecular weight excluding hydrogens is 250 g/mol. The number of carbonyl (C=O) groups excluding carboxylic acids is 1. The number of nitrogen functional groups attached to an aromatic ring is 1. The number of anilines is 1. The van der Waals surface area contributed by atoms with Gasteiger partial charge in [-0.05, 0) is 6.07 Å². The Hall–Kier alpha value is -1.86. The Kier molecular flexibility index (Phi) is 5.53. The minimum absolute atomic E-state index is 0.111. The van der Waals surface area contributed by atoms with Crippen molar-refractivity contribution in [2.75, 3.05) is 33.0 Å². The molecule has 1 amide bonds. The highest BCUT2D eigenvalue weighted by Gasteiger charge is 2.14. The molecule has 0 bridgehead atoms. The van der Waals surface area contributed by atoms with Crippen LogP contribution in [0.2, 0.25) is 0 Å². The first-order valence-corrected chi connectivity index (χ1v) is 5.81. The van der Waals surface area contributed by atoms with Crippen LogP contribution >= 0.6 is 0 Å². The standard InChI is InChI=1S/C12H19N3O4/c1-14(6-10(16)8-19-2)12(18)7-15-5-9(13)3-4-11(15)17/h3-5,10,16H,6-8,13H2,1-2H3. The number of pyridine rings is 1. The molecule has 3 N–H and O–H groups in total. The van der Waals surface area contributed by atoms with Crippen LogP contribution in [-0.2, 0) is 16.1 Å². The van der Waals surface area contributed by atoms with Gasteiger partial charge in [-0.15, -0.1) is 0 Å². The monoisotopic (exact) mass is 269 g/mol. The fraction of sp³-hybridized carbons (Fsp3) is 0.500. The smallest absolute Gasteiger partial charge is 0.251 e. The quantitative estimate of drug-likeness (QED) is 0.683. The van der Waals surface area contributed by atoms with Crippen molar-refractivity contribution in [3.63, 3.8) is 0 Å². The number of likely N-dealkylation sites (N-methyl/N-ethyl adjacent to an activating group) is 1. The van der Waals surface area contributed by atoms with Crippen molar-refractivity contribution in [2.45, 2.75) is 12.6 Å². The summed E-state index contributed by atoms with van der Waals surface area (Å²) in [5.41, 5.74) is 5.67. The van der Waals surface area contributed by atoms with Crippen molar-refractivity contribution in [1.82, 2.24) is 9.47 Å². The predicted molar refractivity (Wildman–Crippen MR) is 70.6 cm³/mol. The van der Waals surface area contributed by atoms with Gasteiger partial charge in [0.2, 0.25) is 5.91 Å². The third kappa shape index (κ3) is 4.72. The molecule has 1 rings (SSSR count). The highest BCUT2D eigenvalue weighted by molar-refractivity contribution is 5.75. The SMILES string of the molecule is COCC(O)CN(C)C(=O)Cn1cc(N)ccc1=O. The molecule has 7 nitrogen and oxygen atoms in total. The van der Waals surface area contributed by atoms with Crippen molar-refractivity contribution < 1.29 is 14.6 Å². The van der Waals surface area contributed by atoms with E-state index in [1.165, 1.54) is 34.9 Å². The molecule has 7 heteroatoms. The lowest BCUT2D eigenvalue weighted by atomic mass is 10.3. The third-order valence-electron chi connectivity index (χ3n) is 2.58. The van der Waals surface area contributed by atoms with Gasteiger partial charge in [0, 0.05) is 38.7 Å². The van der Waals surface area contributed by atoms with Crippen LogP contribution < -0.4 is 11.3 Å². The van der Waals surface area contributed by atoms with Gasteiger partial charge in [0.15, 0.2) is 0 Å². The first-order valence-electron chi connectivity index (χ1n) is 5.81. The van der Waals surface area contributed by atoms with E-state index in [1.807, 2.05) is 0 Å². The molecule has 0 aromatic carbocycles. The minimum Gasteiger partial charge on any atom is -0.398 e. The summed E-state index contributed by atoms with van der Waals surface area (Å²) in [6.45, 7) is 0.180. The zero-order valence-corrected chi connectivity index (χ0v) is 11.1. The Balaban J connectivity index is 2.63. The lowest BCUT2D eigenvalue weighted by molar-refractivity contribution is -0.132. The van der Waals surface area contributed by atoms with Gasteiger partial charge in [0.25, 0.3) is 5.56 Å². The Labute approximate surface area is 111 Å². The molecule has 0 aliphatic rings. The predicted octanol–water partition coefficient (Wildman–Crippen LogP) is -1.10. The Morgan fingerprint density at radius 1 is 1.58 bits per heavy atom. The number of aliphatic hydroxyl groups excluding tert-OH is 1. The second-order valence-corrected chi connectivity index (χ2v) is 4.31. The number of nitrogens with zero attached hydrogens (tertiary/aromatic N) is 2. The van der Waals surface area contributed by atoms with E-state index in [-0.39, 0.29) is 31.2 Å². The lowest BCUT2D eigenvalue weighted by Crippen LogP contribution is -2.39. The van der Waals surface area contributed by atoms with Gasteiger partial charge in [0.1, 0.15) is 6.54 Å². The van der Waals surface area contributed by atoms with Crippen molar-refractivity contribution in [2.24, 2.45) is 0 Å². The molecule has 1 heterocycles. The van der Waals surface area contributed by atoms with E-state index >= 15 is 0 Å². The highest BCUT2D eigenvalue weighted by Crippen LogP contribution is 1.98. The van der Waals surface area contributed by atoms with Gasteiger partial charge >= 0.3 is 0 Å². The molecule has 0 saturated carbocycles. The average molecular weight is 269 g/mol. The Bertz CT molecular complexity index is 486. The number of rotatable bonds is 6. The van der Waals surface area contributed by atoms with Crippen LogP contribution in [0.25, 0.3) is 0 Å². The molecule has 1 unspecified atom stereocenters. The lowest BCUT2D eigenvalue weighted by Gasteiger charge is -2.20. The fourth-order valence-electron chi connectivity index (χ4n) is 1.60. The van der Waals surface area contributed by atoms with Crippen LogP contribution in [0.1, 0.15) is 0 Å². The molecule has 0 radical (unpaired) electrons. The Morgan fingerprint density at radius 2 is 2.26 bits per heavy atom. The first kappa shape index (κ1) is 15.2. The van der Waals surface area contributed by atoms with Crippen molar-refractivity contribution in [3.8, 4) is 0 Å².